The van der Waals surface area contributed by atoms with Gasteiger partial charge in [0.2, 0.25) is 5.91 Å². The van der Waals surface area contributed by atoms with Gasteiger partial charge in [-0.1, -0.05) is 17.7 Å². The lowest BCUT2D eigenvalue weighted by Gasteiger charge is -2.22. The maximum Gasteiger partial charge on any atom is 0.354 e. The topological polar surface area (TPSA) is 64.7 Å². The molecular formula is C19H20N2O4. The number of fused-ring (bicyclic) bond motifs is 1. The molecule has 0 aliphatic carbocycles. The first kappa shape index (κ1) is 16.8. The van der Waals surface area contributed by atoms with Gasteiger partial charge in [-0.3, -0.25) is 4.79 Å². The number of nitrogens with zero attached hydrogens (tertiary/aromatic N) is 2. The second-order valence-electron chi connectivity index (χ2n) is 5.75. The average molecular weight is 340 g/mol. The molecule has 130 valence electrons. The summed E-state index contributed by atoms with van der Waals surface area (Å²) in [5, 5.41) is 0. The van der Waals surface area contributed by atoms with Crippen LogP contribution in [0.4, 0.5) is 5.69 Å². The number of benzene rings is 1. The number of hydrogen-bond donors (Lipinski definition) is 0. The van der Waals surface area contributed by atoms with Crippen LogP contribution in [-0.4, -0.2) is 30.1 Å². The molecule has 6 nitrogen and oxygen atoms in total. The van der Waals surface area contributed by atoms with E-state index >= 15 is 0 Å². The molecule has 0 aliphatic heterocycles. The van der Waals surface area contributed by atoms with Crippen molar-refractivity contribution in [3.63, 3.8) is 0 Å². The molecule has 0 fully saturated rings. The van der Waals surface area contributed by atoms with Gasteiger partial charge in [0, 0.05) is 24.4 Å². The highest BCUT2D eigenvalue weighted by Gasteiger charge is 2.22. The van der Waals surface area contributed by atoms with Gasteiger partial charge in [0.25, 0.3) is 0 Å². The Morgan fingerprint density at radius 2 is 1.92 bits per heavy atom. The molecule has 3 rings (SSSR count). The van der Waals surface area contributed by atoms with E-state index < -0.39 is 5.97 Å². The third-order valence-corrected chi connectivity index (χ3v) is 4.17. The van der Waals surface area contributed by atoms with Crippen LogP contribution >= 0.6 is 0 Å². The number of likely N-dealkylation sites (N-methyl/N-ethyl adjacent to an activating group) is 1. The Kier molecular flexibility index (Phi) is 4.61. The predicted octanol–water partition coefficient (Wildman–Crippen LogP) is 3.38. The number of hydrogen-bond acceptors (Lipinski definition) is 4. The van der Waals surface area contributed by atoms with Crippen LogP contribution in [0.5, 0.6) is 0 Å². The van der Waals surface area contributed by atoms with Gasteiger partial charge in [0.1, 0.15) is 12.2 Å². The number of carbonyl (C=O) groups is 2. The number of aromatic nitrogens is 1. The van der Waals surface area contributed by atoms with E-state index in [1.807, 2.05) is 38.1 Å². The fourth-order valence-corrected chi connectivity index (χ4v) is 2.87. The maximum absolute atomic E-state index is 12.9. The summed E-state index contributed by atoms with van der Waals surface area (Å²) in [6.45, 7) is 4.47. The van der Waals surface area contributed by atoms with Gasteiger partial charge in [0.15, 0.2) is 5.58 Å². The Hall–Kier alpha value is -3.02. The van der Waals surface area contributed by atoms with Crippen LogP contribution < -0.4 is 4.90 Å². The van der Waals surface area contributed by atoms with Crippen LogP contribution in [0.1, 0.15) is 23.0 Å². The lowest BCUT2D eigenvalue weighted by Crippen LogP contribution is -2.34. The monoisotopic (exact) mass is 340 g/mol. The number of ether oxygens (including phenoxy) is 1. The molecular weight excluding hydrogens is 320 g/mol. The highest BCUT2D eigenvalue weighted by molar-refractivity contribution is 5.98. The molecule has 0 N–H and O–H groups in total. The largest absolute Gasteiger partial charge is 0.464 e. The van der Waals surface area contributed by atoms with E-state index in [4.69, 9.17) is 9.15 Å². The minimum Gasteiger partial charge on any atom is -0.464 e. The molecule has 2 heterocycles. The molecule has 2 aromatic heterocycles. The van der Waals surface area contributed by atoms with Gasteiger partial charge in [0.05, 0.1) is 18.9 Å². The third kappa shape index (κ3) is 3.15. The zero-order valence-corrected chi connectivity index (χ0v) is 14.5. The van der Waals surface area contributed by atoms with E-state index in [2.05, 4.69) is 0 Å². The molecule has 3 aromatic rings. The molecule has 1 amide bonds. The van der Waals surface area contributed by atoms with Crippen molar-refractivity contribution in [2.45, 2.75) is 20.4 Å². The lowest BCUT2D eigenvalue weighted by molar-refractivity contribution is -0.119. The molecule has 0 unspecified atom stereocenters. The number of carbonyl (C=O) groups excluding carboxylic acids is 2. The first-order chi connectivity index (χ1) is 12.0. The number of aryl methyl sites for hydroxylation is 1. The maximum atomic E-state index is 12.9. The van der Waals surface area contributed by atoms with Crippen molar-refractivity contribution < 1.29 is 18.7 Å². The lowest BCUT2D eigenvalue weighted by atomic mass is 10.2. The minimum absolute atomic E-state index is 0.0230. The van der Waals surface area contributed by atoms with Crippen molar-refractivity contribution in [3.8, 4) is 0 Å². The Morgan fingerprint density at radius 1 is 1.20 bits per heavy atom. The number of rotatable bonds is 5. The number of amides is 1. The van der Waals surface area contributed by atoms with Crippen molar-refractivity contribution in [2.24, 2.45) is 0 Å². The molecule has 0 atom stereocenters. The fraction of sp³-hybridized carbons (Fsp3) is 0.263. The average Bonchev–Trinajstić information content (AvgIpc) is 3.19. The Labute approximate surface area is 145 Å². The van der Waals surface area contributed by atoms with Crippen LogP contribution in [0.2, 0.25) is 0 Å². The molecule has 0 spiro atoms. The molecule has 6 heteroatoms. The zero-order chi connectivity index (χ0) is 18.0. The van der Waals surface area contributed by atoms with E-state index in [0.29, 0.717) is 23.3 Å². The summed E-state index contributed by atoms with van der Waals surface area (Å²) in [7, 11) is 1.31. The number of methoxy groups -OCH3 is 1. The van der Waals surface area contributed by atoms with Gasteiger partial charge in [-0.25, -0.2) is 4.79 Å². The van der Waals surface area contributed by atoms with Crippen LogP contribution in [0, 0.1) is 6.92 Å². The highest BCUT2D eigenvalue weighted by atomic mass is 16.5. The summed E-state index contributed by atoms with van der Waals surface area (Å²) in [6, 6.07) is 11.1. The van der Waals surface area contributed by atoms with Crippen molar-refractivity contribution >= 4 is 28.7 Å². The Balaban J connectivity index is 1.93. The molecule has 1 aromatic carbocycles. The van der Waals surface area contributed by atoms with Crippen LogP contribution in [0.15, 0.2) is 47.1 Å². The molecule has 0 radical (unpaired) electrons. The smallest absolute Gasteiger partial charge is 0.354 e. The van der Waals surface area contributed by atoms with E-state index in [-0.39, 0.29) is 12.5 Å². The SMILES string of the molecule is CCN(C(=O)Cn1c(C(=O)OC)cc2occc21)c1ccc(C)cc1. The Bertz CT molecular complexity index is 905. The summed E-state index contributed by atoms with van der Waals surface area (Å²) in [4.78, 5) is 26.6. The van der Waals surface area contributed by atoms with E-state index in [1.165, 1.54) is 13.4 Å². The normalized spacial score (nSPS) is 10.8. The standard InChI is InChI=1S/C19H20N2O4/c1-4-20(14-7-5-13(2)6-8-14)18(22)12-21-15-9-10-25-17(15)11-16(21)19(23)24-3/h5-11H,4,12H2,1-3H3. The van der Waals surface area contributed by atoms with Crippen molar-refractivity contribution in [1.29, 1.82) is 0 Å². The third-order valence-electron chi connectivity index (χ3n) is 4.17. The predicted molar refractivity (Wildman–Crippen MR) is 94.7 cm³/mol. The Morgan fingerprint density at radius 3 is 2.56 bits per heavy atom. The highest BCUT2D eigenvalue weighted by Crippen LogP contribution is 2.23. The van der Waals surface area contributed by atoms with E-state index in [0.717, 1.165) is 11.3 Å². The van der Waals surface area contributed by atoms with Gasteiger partial charge < -0.3 is 18.6 Å². The fourth-order valence-electron chi connectivity index (χ4n) is 2.87. The van der Waals surface area contributed by atoms with Crippen LogP contribution in [0.3, 0.4) is 0 Å². The second-order valence-corrected chi connectivity index (χ2v) is 5.75. The van der Waals surface area contributed by atoms with Gasteiger partial charge in [-0.2, -0.15) is 0 Å². The van der Waals surface area contributed by atoms with Gasteiger partial charge in [-0.05, 0) is 26.0 Å². The molecule has 0 bridgehead atoms. The number of anilines is 1. The van der Waals surface area contributed by atoms with Gasteiger partial charge in [-0.15, -0.1) is 0 Å². The number of furan rings is 1. The van der Waals surface area contributed by atoms with E-state index in [1.54, 1.807) is 21.6 Å². The molecule has 25 heavy (non-hydrogen) atoms. The van der Waals surface area contributed by atoms with Gasteiger partial charge >= 0.3 is 5.97 Å². The number of esters is 1. The summed E-state index contributed by atoms with van der Waals surface area (Å²) >= 11 is 0. The minimum atomic E-state index is -0.502. The second kappa shape index (κ2) is 6.84. The first-order valence-corrected chi connectivity index (χ1v) is 8.07. The van der Waals surface area contributed by atoms with Crippen molar-refractivity contribution in [3.05, 3.63) is 53.9 Å². The quantitative estimate of drug-likeness (QED) is 0.668. The molecule has 0 saturated heterocycles. The summed E-state index contributed by atoms with van der Waals surface area (Å²) in [5.41, 5.74) is 3.49. The van der Waals surface area contributed by atoms with Crippen molar-refractivity contribution in [1.82, 2.24) is 4.57 Å². The van der Waals surface area contributed by atoms with Crippen molar-refractivity contribution in [2.75, 3.05) is 18.6 Å². The summed E-state index contributed by atoms with van der Waals surface area (Å²) in [5.74, 6) is -0.618. The molecule has 0 aliphatic rings. The summed E-state index contributed by atoms with van der Waals surface area (Å²) in [6.07, 6.45) is 1.53. The van der Waals surface area contributed by atoms with Crippen LogP contribution in [0.25, 0.3) is 11.1 Å². The van der Waals surface area contributed by atoms with E-state index in [9.17, 15) is 9.59 Å². The van der Waals surface area contributed by atoms with Crippen LogP contribution in [-0.2, 0) is 16.1 Å². The first-order valence-electron chi connectivity index (χ1n) is 8.07. The zero-order valence-electron chi connectivity index (χ0n) is 14.5. The summed E-state index contributed by atoms with van der Waals surface area (Å²) < 4.78 is 11.8. The molecule has 0 saturated carbocycles.